The largest absolute Gasteiger partial charge is 0.496 e. The molecule has 2 aliphatic heterocycles. The number of allylic oxidation sites excluding steroid dienone is 1. The summed E-state index contributed by atoms with van der Waals surface area (Å²) in [6.45, 7) is 5.40. The average molecular weight is 736 g/mol. The second-order valence-electron chi connectivity index (χ2n) is 13.6. The smallest absolute Gasteiger partial charge is 0.264 e. The van der Waals surface area contributed by atoms with Gasteiger partial charge in [0.25, 0.3) is 17.4 Å². The predicted molar refractivity (Wildman–Crippen MR) is 204 cm³/mol. The van der Waals surface area contributed by atoms with Gasteiger partial charge in [0.1, 0.15) is 17.5 Å². The van der Waals surface area contributed by atoms with Crippen molar-refractivity contribution in [3.8, 4) is 22.6 Å². The number of piperidine rings is 1. The summed E-state index contributed by atoms with van der Waals surface area (Å²) >= 11 is 0. The van der Waals surface area contributed by atoms with Gasteiger partial charge < -0.3 is 30.0 Å². The Morgan fingerprint density at radius 3 is 2.46 bits per heavy atom. The van der Waals surface area contributed by atoms with Crippen molar-refractivity contribution < 1.29 is 28.7 Å². The van der Waals surface area contributed by atoms with Crippen LogP contribution in [0.1, 0.15) is 58.4 Å². The summed E-state index contributed by atoms with van der Waals surface area (Å²) in [5, 5.41) is 10.2. The van der Waals surface area contributed by atoms with Crippen LogP contribution < -0.4 is 31.0 Å². The van der Waals surface area contributed by atoms with Crippen molar-refractivity contribution in [1.82, 2.24) is 30.0 Å². The lowest BCUT2D eigenvalue weighted by molar-refractivity contribution is -0.125. The number of carbonyl (C=O) groups excluding carboxylic acids is 4. The van der Waals surface area contributed by atoms with Crippen molar-refractivity contribution in [1.29, 1.82) is 0 Å². The van der Waals surface area contributed by atoms with Gasteiger partial charge in [-0.3, -0.25) is 38.8 Å². The number of hydrogen-bond donors (Lipinski definition) is 3. The summed E-state index contributed by atoms with van der Waals surface area (Å²) in [6.07, 6.45) is 8.23. The summed E-state index contributed by atoms with van der Waals surface area (Å²) in [6, 6.07) is 9.88. The van der Waals surface area contributed by atoms with Crippen LogP contribution in [0.2, 0.25) is 0 Å². The molecule has 0 spiro atoms. The number of likely N-dealkylation sites (N-methyl/N-ethyl adjacent to an activating group) is 1. The van der Waals surface area contributed by atoms with E-state index >= 15 is 0 Å². The van der Waals surface area contributed by atoms with E-state index in [1.807, 2.05) is 30.1 Å². The van der Waals surface area contributed by atoms with E-state index in [0.717, 1.165) is 46.2 Å². The van der Waals surface area contributed by atoms with E-state index in [-0.39, 0.29) is 29.1 Å². The fourth-order valence-corrected chi connectivity index (χ4v) is 7.08. The van der Waals surface area contributed by atoms with E-state index in [1.165, 1.54) is 4.57 Å². The highest BCUT2D eigenvalue weighted by Gasteiger charge is 2.45. The summed E-state index contributed by atoms with van der Waals surface area (Å²) in [5.41, 5.74) is 4.02. The highest BCUT2D eigenvalue weighted by atomic mass is 16.5. The van der Waals surface area contributed by atoms with Gasteiger partial charge in [-0.1, -0.05) is 12.6 Å². The molecule has 2 aromatic carbocycles. The minimum atomic E-state index is -0.859. The quantitative estimate of drug-likeness (QED) is 0.121. The number of nitrogens with one attached hydrogen (secondary N) is 3. The number of hydrogen-bond acceptors (Lipinski definition) is 10. The second-order valence-corrected chi connectivity index (χ2v) is 13.6. The lowest BCUT2D eigenvalue weighted by Gasteiger charge is -2.29. The number of aryl methyl sites for hydroxylation is 1. The van der Waals surface area contributed by atoms with E-state index in [4.69, 9.17) is 9.47 Å². The summed E-state index contributed by atoms with van der Waals surface area (Å²) in [7, 11) is 6.73. The Morgan fingerprint density at radius 2 is 1.74 bits per heavy atom. The van der Waals surface area contributed by atoms with E-state index in [0.29, 0.717) is 60.7 Å². The second kappa shape index (κ2) is 16.3. The number of ether oxygens (including phenoxy) is 2. The fraction of sp³-hybridized carbons (Fsp3) is 0.350. The highest BCUT2D eigenvalue weighted by molar-refractivity contribution is 6.25. The van der Waals surface area contributed by atoms with Crippen molar-refractivity contribution in [2.45, 2.75) is 44.7 Å². The third-order valence-electron chi connectivity index (χ3n) is 9.82. The average Bonchev–Trinajstić information content (AvgIpc) is 3.41. The molecule has 1 atom stereocenters. The molecular weight excluding hydrogens is 690 g/mol. The van der Waals surface area contributed by atoms with Crippen LogP contribution >= 0.6 is 0 Å². The third kappa shape index (κ3) is 7.69. The van der Waals surface area contributed by atoms with Crippen LogP contribution in [0.4, 0.5) is 5.69 Å². The van der Waals surface area contributed by atoms with Crippen LogP contribution in [0.3, 0.4) is 0 Å². The molecule has 4 aromatic rings. The molecule has 2 aliphatic rings. The molecular formula is C40H45N7O7. The van der Waals surface area contributed by atoms with E-state index in [2.05, 4.69) is 27.5 Å². The Morgan fingerprint density at radius 1 is 1.00 bits per heavy atom. The molecule has 6 rings (SSSR count). The SMILES string of the molecule is C=C1CCC(N2C(=O)c3cccc(NCCCCCNC(=O)CN(C)Cc4c(OC)cc(-c5cn(C)c(=O)c6cnccc56)cc4OC)c3C2=O)C(=O)N1. The van der Waals surface area contributed by atoms with Crippen LogP contribution in [-0.4, -0.2) is 89.9 Å². The number of fused-ring (bicyclic) bond motifs is 2. The Bertz CT molecular complexity index is 2170. The maximum absolute atomic E-state index is 13.4. The Labute approximate surface area is 313 Å². The van der Waals surface area contributed by atoms with E-state index < -0.39 is 23.8 Å². The Balaban J connectivity index is 0.975. The van der Waals surface area contributed by atoms with Crippen molar-refractivity contribution >= 4 is 40.1 Å². The molecule has 2 aromatic heterocycles. The van der Waals surface area contributed by atoms with Crippen molar-refractivity contribution in [3.05, 3.63) is 94.3 Å². The zero-order valence-electron chi connectivity index (χ0n) is 31.0. The zero-order chi connectivity index (χ0) is 38.5. The molecule has 0 saturated carbocycles. The minimum absolute atomic E-state index is 0.112. The molecule has 14 nitrogen and oxygen atoms in total. The molecule has 4 heterocycles. The number of anilines is 1. The summed E-state index contributed by atoms with van der Waals surface area (Å²) < 4.78 is 13.1. The first-order chi connectivity index (χ1) is 26.0. The summed E-state index contributed by atoms with van der Waals surface area (Å²) in [4.78, 5) is 71.7. The molecule has 282 valence electrons. The lowest BCUT2D eigenvalue weighted by Crippen LogP contribution is -2.51. The number of imide groups is 1. The van der Waals surface area contributed by atoms with Gasteiger partial charge in [-0.15, -0.1) is 0 Å². The van der Waals surface area contributed by atoms with Gasteiger partial charge in [-0.05, 0) is 80.4 Å². The molecule has 4 amide bonds. The van der Waals surface area contributed by atoms with Gasteiger partial charge in [0.2, 0.25) is 11.8 Å². The molecule has 0 aliphatic carbocycles. The standard InChI is InChI=1S/C40H45N7O7/c1-24-12-13-32(37(49)44-24)47-39(51)27-10-9-11-31(36(27)40(47)52)42-15-7-6-8-16-43-35(48)23-45(2)21-30-33(53-4)18-25(19-34(30)54-5)29-22-46(3)38(50)28-20-41-17-14-26(28)29/h9-11,14,17-20,22,32,42H,1,6-8,12-13,15-16,21,23H2,2-5H3,(H,43,48)(H,44,49). The first-order valence-electron chi connectivity index (χ1n) is 17.9. The van der Waals surface area contributed by atoms with Gasteiger partial charge >= 0.3 is 0 Å². The molecule has 1 unspecified atom stereocenters. The highest BCUT2D eigenvalue weighted by Crippen LogP contribution is 2.38. The third-order valence-corrected chi connectivity index (χ3v) is 9.82. The molecule has 0 bridgehead atoms. The normalized spacial score (nSPS) is 15.4. The minimum Gasteiger partial charge on any atom is -0.496 e. The number of aromatic nitrogens is 2. The van der Waals surface area contributed by atoms with Crippen molar-refractivity contribution in [2.24, 2.45) is 7.05 Å². The molecule has 54 heavy (non-hydrogen) atoms. The predicted octanol–water partition coefficient (Wildman–Crippen LogP) is 3.84. The number of rotatable bonds is 15. The van der Waals surface area contributed by atoms with Crippen molar-refractivity contribution in [2.75, 3.05) is 46.2 Å². The molecule has 1 saturated heterocycles. The number of nitrogens with zero attached hydrogens (tertiary/aromatic N) is 4. The zero-order valence-corrected chi connectivity index (χ0v) is 31.0. The topological polar surface area (TPSA) is 164 Å². The molecule has 1 fully saturated rings. The van der Waals surface area contributed by atoms with Crippen LogP contribution in [0.25, 0.3) is 21.9 Å². The first-order valence-corrected chi connectivity index (χ1v) is 17.9. The van der Waals surface area contributed by atoms with Crippen LogP contribution in [0, 0.1) is 0 Å². The number of methoxy groups -OCH3 is 2. The van der Waals surface area contributed by atoms with Gasteiger partial charge in [-0.2, -0.15) is 0 Å². The molecule has 3 N–H and O–H groups in total. The van der Waals surface area contributed by atoms with Gasteiger partial charge in [0.05, 0.1) is 42.8 Å². The summed E-state index contributed by atoms with van der Waals surface area (Å²) in [5.74, 6) is -0.253. The Hall–Kier alpha value is -6.02. The van der Waals surface area contributed by atoms with Gasteiger partial charge in [0.15, 0.2) is 0 Å². The number of pyridine rings is 2. The van der Waals surface area contributed by atoms with Gasteiger partial charge in [0, 0.05) is 62.2 Å². The number of unbranched alkanes of at least 4 members (excludes halogenated alkanes) is 2. The van der Waals surface area contributed by atoms with E-state index in [9.17, 15) is 24.0 Å². The molecule has 14 heteroatoms. The lowest BCUT2D eigenvalue weighted by atomic mass is 9.99. The Kier molecular flexibility index (Phi) is 11.4. The number of amides is 4. The maximum atomic E-state index is 13.4. The fourth-order valence-electron chi connectivity index (χ4n) is 7.08. The van der Waals surface area contributed by atoms with E-state index in [1.54, 1.807) is 58.1 Å². The van der Waals surface area contributed by atoms with Crippen LogP contribution in [0.15, 0.2) is 72.1 Å². The maximum Gasteiger partial charge on any atom is 0.264 e. The van der Waals surface area contributed by atoms with Crippen molar-refractivity contribution in [3.63, 3.8) is 0 Å². The van der Waals surface area contributed by atoms with Crippen LogP contribution in [0.5, 0.6) is 11.5 Å². The van der Waals surface area contributed by atoms with Gasteiger partial charge in [-0.25, -0.2) is 0 Å². The molecule has 0 radical (unpaired) electrons. The number of benzene rings is 2. The monoisotopic (exact) mass is 735 g/mol. The number of carbonyl (C=O) groups is 4. The van der Waals surface area contributed by atoms with Crippen LogP contribution in [-0.2, 0) is 23.2 Å². The first kappa shape index (κ1) is 37.7.